The molecule has 5 aromatic carbocycles. The van der Waals surface area contributed by atoms with E-state index in [4.69, 9.17) is 0 Å². The Morgan fingerprint density at radius 1 is 0.310 bits per heavy atom. The Kier molecular flexibility index (Phi) is 16.0. The molecule has 0 aliphatic heterocycles. The van der Waals surface area contributed by atoms with Gasteiger partial charge in [-0.25, -0.2) is 30.7 Å². The summed E-state index contributed by atoms with van der Waals surface area (Å²) in [6.07, 6.45) is 0. The highest BCUT2D eigenvalue weighted by atomic mass is 19.2. The van der Waals surface area contributed by atoms with Crippen LogP contribution in [0.1, 0.15) is 27.8 Å². The molecule has 0 aliphatic carbocycles. The first-order valence-electron chi connectivity index (χ1n) is 12.8. The maximum atomic E-state index is 12.3. The molecule has 0 bridgehead atoms. The number of rotatable bonds is 0. The van der Waals surface area contributed by atoms with E-state index in [0.29, 0.717) is 27.8 Å². The lowest BCUT2D eigenvalue weighted by Crippen LogP contribution is -1.81. The lowest BCUT2D eigenvalue weighted by Gasteiger charge is -1.92. The summed E-state index contributed by atoms with van der Waals surface area (Å²) in [6, 6.07) is 27.0. The molecule has 0 unspecified atom stereocenters. The molecule has 0 fully saturated rings. The third-order valence-electron chi connectivity index (χ3n) is 5.37. The van der Waals surface area contributed by atoms with Crippen LogP contribution in [0.15, 0.2) is 109 Å². The average molecular weight is 587 g/mol. The van der Waals surface area contributed by atoms with Crippen LogP contribution >= 0.6 is 0 Å². The first kappa shape index (κ1) is 35.6. The second kappa shape index (κ2) is 18.9. The molecule has 0 nitrogen and oxygen atoms in total. The monoisotopic (exact) mass is 586 g/mol. The maximum absolute atomic E-state index is 12.3. The lowest BCUT2D eigenvalue weighted by atomic mass is 10.2. The van der Waals surface area contributed by atoms with Crippen molar-refractivity contribution in [3.63, 3.8) is 0 Å². The van der Waals surface area contributed by atoms with Gasteiger partial charge in [-0.05, 0) is 98.8 Å². The second-order valence-corrected chi connectivity index (χ2v) is 9.09. The summed E-state index contributed by atoms with van der Waals surface area (Å²) in [5.74, 6) is -2.46. The van der Waals surface area contributed by atoms with E-state index in [1.165, 1.54) is 42.5 Å². The third kappa shape index (κ3) is 14.8. The fourth-order valence-corrected chi connectivity index (χ4v) is 2.91. The average Bonchev–Trinajstić information content (AvgIpc) is 2.92. The zero-order valence-corrected chi connectivity index (χ0v) is 24.0. The molecule has 0 aliphatic rings. The minimum absolute atomic E-state index is 0.132. The summed E-state index contributed by atoms with van der Waals surface area (Å²) in [6.45, 7) is 8.47. The predicted molar refractivity (Wildman–Crippen MR) is 156 cm³/mol. The summed E-state index contributed by atoms with van der Waals surface area (Å²) in [5.41, 5.74) is 3.18. The van der Waals surface area contributed by atoms with Crippen molar-refractivity contribution in [1.29, 1.82) is 0 Å². The third-order valence-corrected chi connectivity index (χ3v) is 5.37. The molecule has 222 valence electrons. The van der Waals surface area contributed by atoms with E-state index >= 15 is 0 Å². The van der Waals surface area contributed by atoms with Gasteiger partial charge in [0, 0.05) is 12.1 Å². The normalized spacial score (nSPS) is 9.43. The minimum Gasteiger partial charge on any atom is -0.207 e. The number of hydrogen-bond donors (Lipinski definition) is 0. The summed E-state index contributed by atoms with van der Waals surface area (Å²) in [5, 5.41) is 0. The van der Waals surface area contributed by atoms with Crippen molar-refractivity contribution in [1.82, 2.24) is 0 Å². The van der Waals surface area contributed by atoms with Gasteiger partial charge in [0.15, 0.2) is 0 Å². The van der Waals surface area contributed by atoms with E-state index in [2.05, 4.69) is 0 Å². The van der Waals surface area contributed by atoms with Crippen LogP contribution in [-0.2, 0) is 0 Å². The molecule has 0 radical (unpaired) electrons. The molecule has 42 heavy (non-hydrogen) atoms. The van der Waals surface area contributed by atoms with E-state index in [0.717, 1.165) is 12.1 Å². The molecule has 0 heterocycles. The van der Waals surface area contributed by atoms with Gasteiger partial charge in [-0.1, -0.05) is 60.7 Å². The van der Waals surface area contributed by atoms with Gasteiger partial charge in [0.2, 0.25) is 0 Å². The topological polar surface area (TPSA) is 0 Å². The largest absolute Gasteiger partial charge is 0.207 e. The van der Waals surface area contributed by atoms with Crippen LogP contribution in [0, 0.1) is 75.3 Å². The van der Waals surface area contributed by atoms with E-state index in [-0.39, 0.29) is 17.5 Å². The van der Waals surface area contributed by atoms with Crippen LogP contribution in [-0.4, -0.2) is 0 Å². The summed E-state index contributed by atoms with van der Waals surface area (Å²) in [7, 11) is 0. The predicted octanol–water partition coefficient (Wildman–Crippen LogP) is 10.9. The van der Waals surface area contributed by atoms with Crippen LogP contribution in [0.4, 0.5) is 30.7 Å². The van der Waals surface area contributed by atoms with Crippen molar-refractivity contribution in [2.75, 3.05) is 0 Å². The molecule has 7 heteroatoms. The van der Waals surface area contributed by atoms with Crippen molar-refractivity contribution in [3.05, 3.63) is 178 Å². The Bertz CT molecular complexity index is 1300. The molecule has 0 spiro atoms. The van der Waals surface area contributed by atoms with E-state index in [9.17, 15) is 30.7 Å². The standard InChI is InChI=1S/2C7H6F2.3C7H7F/c1-5-2-6(8)4-7(9)3-5;1-5-2-3-6(8)4-7(5)9;3*1-6-4-2-3-5-7(6)8/h2*2-4H,1H3;3*2-5H,1H3. The molecule has 5 rings (SSSR count). The van der Waals surface area contributed by atoms with Crippen LogP contribution in [0.3, 0.4) is 0 Å². The molecular formula is C35H33F7. The zero-order chi connectivity index (χ0) is 31.7. The number of benzene rings is 5. The number of hydrogen-bond acceptors (Lipinski definition) is 0. The molecule has 0 saturated heterocycles. The van der Waals surface area contributed by atoms with Crippen molar-refractivity contribution < 1.29 is 30.7 Å². The SMILES string of the molecule is Cc1cc(F)cc(F)c1.Cc1ccc(F)cc1F.Cc1ccccc1F.Cc1ccccc1F.Cc1ccccc1F. The summed E-state index contributed by atoms with van der Waals surface area (Å²) in [4.78, 5) is 0. The van der Waals surface area contributed by atoms with Crippen LogP contribution in [0.2, 0.25) is 0 Å². The van der Waals surface area contributed by atoms with Gasteiger partial charge in [-0.2, -0.15) is 0 Å². The Hall–Kier alpha value is -4.39. The van der Waals surface area contributed by atoms with Crippen molar-refractivity contribution >= 4 is 0 Å². The van der Waals surface area contributed by atoms with Gasteiger partial charge in [-0.15, -0.1) is 0 Å². The fourth-order valence-electron chi connectivity index (χ4n) is 2.91. The Morgan fingerprint density at radius 3 is 0.881 bits per heavy atom. The van der Waals surface area contributed by atoms with E-state index in [1.807, 2.05) is 18.2 Å². The Balaban J connectivity index is 0.000000263. The first-order valence-corrected chi connectivity index (χ1v) is 12.8. The lowest BCUT2D eigenvalue weighted by molar-refractivity contribution is 0.577. The number of halogens is 7. The summed E-state index contributed by atoms with van der Waals surface area (Å²) < 4.78 is 85.8. The van der Waals surface area contributed by atoms with Crippen molar-refractivity contribution in [3.8, 4) is 0 Å². The maximum Gasteiger partial charge on any atom is 0.129 e. The highest BCUT2D eigenvalue weighted by molar-refractivity contribution is 5.18. The van der Waals surface area contributed by atoms with Crippen molar-refractivity contribution in [2.45, 2.75) is 34.6 Å². The van der Waals surface area contributed by atoms with Crippen LogP contribution in [0.25, 0.3) is 0 Å². The molecule has 0 aromatic heterocycles. The Morgan fingerprint density at radius 2 is 0.643 bits per heavy atom. The molecule has 0 amide bonds. The van der Waals surface area contributed by atoms with Crippen LogP contribution < -0.4 is 0 Å². The van der Waals surface area contributed by atoms with Gasteiger partial charge in [0.1, 0.15) is 40.7 Å². The van der Waals surface area contributed by atoms with Gasteiger partial charge in [-0.3, -0.25) is 0 Å². The highest BCUT2D eigenvalue weighted by Gasteiger charge is 1.96. The van der Waals surface area contributed by atoms with E-state index in [1.54, 1.807) is 71.0 Å². The second-order valence-electron chi connectivity index (χ2n) is 9.09. The molecule has 5 aromatic rings. The van der Waals surface area contributed by atoms with Crippen LogP contribution in [0.5, 0.6) is 0 Å². The molecule has 0 atom stereocenters. The van der Waals surface area contributed by atoms with E-state index < -0.39 is 23.3 Å². The smallest absolute Gasteiger partial charge is 0.129 e. The molecular weight excluding hydrogens is 553 g/mol. The molecule has 0 saturated carbocycles. The molecule has 0 N–H and O–H groups in total. The fraction of sp³-hybridized carbons (Fsp3) is 0.143. The quantitative estimate of drug-likeness (QED) is 0.158. The summed E-state index contributed by atoms with van der Waals surface area (Å²) >= 11 is 0. The zero-order valence-electron chi connectivity index (χ0n) is 24.0. The van der Waals surface area contributed by atoms with Gasteiger partial charge in [0.05, 0.1) is 0 Å². The highest BCUT2D eigenvalue weighted by Crippen LogP contribution is 2.07. The Labute approximate surface area is 243 Å². The number of aryl methyl sites for hydroxylation is 5. The van der Waals surface area contributed by atoms with Gasteiger partial charge in [0.25, 0.3) is 0 Å². The van der Waals surface area contributed by atoms with Crippen molar-refractivity contribution in [2.24, 2.45) is 0 Å². The van der Waals surface area contributed by atoms with Gasteiger partial charge < -0.3 is 0 Å². The first-order chi connectivity index (χ1) is 19.8. The minimum atomic E-state index is -0.530. The van der Waals surface area contributed by atoms with Gasteiger partial charge >= 0.3 is 0 Å².